The molecule has 4 nitrogen and oxygen atoms in total. The number of benzene rings is 4. The van der Waals surface area contributed by atoms with Crippen molar-refractivity contribution in [1.82, 2.24) is 0 Å². The number of hydrogen-bond donors (Lipinski definition) is 2. The molecule has 0 saturated heterocycles. The maximum absolute atomic E-state index is 6.54. The summed E-state index contributed by atoms with van der Waals surface area (Å²) in [7, 11) is 0. The monoisotopic (exact) mass is 550 g/mol. The Morgan fingerprint density at radius 1 is 0.564 bits per heavy atom. The highest BCUT2D eigenvalue weighted by Crippen LogP contribution is 2.58. The van der Waals surface area contributed by atoms with E-state index in [1.807, 2.05) is 24.3 Å². The van der Waals surface area contributed by atoms with Gasteiger partial charge in [-0.2, -0.15) is 0 Å². The molecule has 0 saturated carbocycles. The zero-order valence-corrected chi connectivity index (χ0v) is 23.5. The lowest BCUT2D eigenvalue weighted by Crippen LogP contribution is -2.36. The Balaban J connectivity index is 1.29. The van der Waals surface area contributed by atoms with Crippen LogP contribution in [0.1, 0.15) is 63.8 Å². The molecule has 0 aromatic heterocycles. The molecule has 6 rings (SSSR count). The molecule has 4 aromatic rings. The Labute approximate surface area is 240 Å². The topological polar surface area (TPSA) is 42.5 Å². The number of fused-ring (bicyclic) bond motifs is 6. The highest BCUT2D eigenvalue weighted by Gasteiger charge is 2.47. The van der Waals surface area contributed by atoms with Gasteiger partial charge >= 0.3 is 0 Å². The van der Waals surface area contributed by atoms with Crippen molar-refractivity contribution in [2.24, 2.45) is 0 Å². The first-order valence-electron chi connectivity index (χ1n) is 13.2. The number of nitrogens with one attached hydrogen (secondary N) is 2. The normalized spacial score (nSPS) is 20.7. The molecule has 0 amide bonds. The summed E-state index contributed by atoms with van der Waals surface area (Å²) in [5.74, 6) is 0.273. The zero-order valence-electron chi connectivity index (χ0n) is 21.9. The fraction of sp³-hybridized carbons (Fsp3) is 0.212. The van der Waals surface area contributed by atoms with Gasteiger partial charge in [-0.3, -0.25) is 0 Å². The third kappa shape index (κ3) is 5.27. The van der Waals surface area contributed by atoms with Crippen LogP contribution in [0.4, 0.5) is 11.4 Å². The maximum Gasteiger partial charge on any atom is 0.261 e. The van der Waals surface area contributed by atoms with Crippen molar-refractivity contribution < 1.29 is 9.47 Å². The van der Waals surface area contributed by atoms with Crippen molar-refractivity contribution in [3.63, 3.8) is 0 Å². The Morgan fingerprint density at radius 3 is 1.31 bits per heavy atom. The van der Waals surface area contributed by atoms with Gasteiger partial charge in [0.1, 0.15) is 12.2 Å². The average molecular weight is 551 g/mol. The van der Waals surface area contributed by atoms with Crippen molar-refractivity contribution in [3.05, 3.63) is 130 Å². The highest BCUT2D eigenvalue weighted by atomic mass is 32.1. The van der Waals surface area contributed by atoms with Gasteiger partial charge in [0.2, 0.25) is 0 Å². The minimum Gasteiger partial charge on any atom is -0.462 e. The standard InChI is InChI=1S/C33H30N2O2S2/c1-20-11-15-22(16-12-20)34-32(38)36-30-26-9-5-3-7-24(26)29-19-28(30)25-8-4-6-10-27(25)31(29)37-33(39)35-23-17-13-21(2)14-18-23/h3-18,28-31H,19H2,1-2H3,(H,34,38)(H,35,39)/t28-,29-,30-,31-/m0/s1. The molecule has 0 radical (unpaired) electrons. The minimum absolute atomic E-state index is 0.136. The van der Waals surface area contributed by atoms with Gasteiger partial charge in [-0.1, -0.05) is 83.9 Å². The van der Waals surface area contributed by atoms with E-state index in [-0.39, 0.29) is 24.0 Å². The van der Waals surface area contributed by atoms with E-state index in [0.717, 1.165) is 28.9 Å². The van der Waals surface area contributed by atoms with Crippen LogP contribution in [0.3, 0.4) is 0 Å². The Kier molecular flexibility index (Phi) is 7.07. The summed E-state index contributed by atoms with van der Waals surface area (Å²) < 4.78 is 13.1. The predicted molar refractivity (Wildman–Crippen MR) is 165 cm³/mol. The maximum atomic E-state index is 6.54. The van der Waals surface area contributed by atoms with E-state index in [1.165, 1.54) is 22.3 Å². The van der Waals surface area contributed by atoms with Gasteiger partial charge in [0, 0.05) is 23.2 Å². The van der Waals surface area contributed by atoms with Crippen molar-refractivity contribution >= 4 is 46.2 Å². The molecule has 2 aliphatic carbocycles. The highest BCUT2D eigenvalue weighted by molar-refractivity contribution is 7.80. The third-order valence-electron chi connectivity index (χ3n) is 7.71. The molecule has 0 unspecified atom stereocenters. The van der Waals surface area contributed by atoms with E-state index in [0.29, 0.717) is 10.3 Å². The Morgan fingerprint density at radius 2 is 0.923 bits per heavy atom. The van der Waals surface area contributed by atoms with Gasteiger partial charge in [0.15, 0.2) is 0 Å². The van der Waals surface area contributed by atoms with Crippen LogP contribution in [0.25, 0.3) is 0 Å². The summed E-state index contributed by atoms with van der Waals surface area (Å²) in [6.07, 6.45) is 0.467. The number of rotatable bonds is 4. The molecule has 196 valence electrons. The summed E-state index contributed by atoms with van der Waals surface area (Å²) >= 11 is 11.4. The van der Waals surface area contributed by atoms with Crippen LogP contribution in [0, 0.1) is 13.8 Å². The second-order valence-electron chi connectivity index (χ2n) is 10.3. The number of aryl methyl sites for hydroxylation is 2. The molecule has 0 heterocycles. The number of anilines is 2. The molecule has 2 bridgehead atoms. The van der Waals surface area contributed by atoms with Crippen LogP contribution in [-0.2, 0) is 9.47 Å². The predicted octanol–water partition coefficient (Wildman–Crippen LogP) is 8.50. The first-order chi connectivity index (χ1) is 19.0. The van der Waals surface area contributed by atoms with Gasteiger partial charge in [-0.05, 0) is 91.2 Å². The molecular formula is C33H30N2O2S2. The van der Waals surface area contributed by atoms with Crippen molar-refractivity contribution in [2.45, 2.75) is 44.3 Å². The van der Waals surface area contributed by atoms with Gasteiger partial charge in [-0.15, -0.1) is 0 Å². The molecule has 6 heteroatoms. The molecule has 0 aliphatic heterocycles. The van der Waals surface area contributed by atoms with Gasteiger partial charge in [0.05, 0.1) is 0 Å². The Hall–Kier alpha value is -3.74. The van der Waals surface area contributed by atoms with E-state index >= 15 is 0 Å². The summed E-state index contributed by atoms with van der Waals surface area (Å²) in [6.45, 7) is 4.13. The molecule has 2 aliphatic rings. The minimum atomic E-state index is -0.206. The summed E-state index contributed by atoms with van der Waals surface area (Å²) in [6, 6.07) is 33.3. The first kappa shape index (κ1) is 25.5. The smallest absolute Gasteiger partial charge is 0.261 e. The van der Waals surface area contributed by atoms with E-state index in [1.54, 1.807) is 0 Å². The summed E-state index contributed by atoms with van der Waals surface area (Å²) in [4.78, 5) is 0. The van der Waals surface area contributed by atoms with Crippen molar-refractivity contribution in [1.29, 1.82) is 0 Å². The number of hydrogen-bond acceptors (Lipinski definition) is 4. The Bertz CT molecular complexity index is 1400. The van der Waals surface area contributed by atoms with Crippen LogP contribution < -0.4 is 10.6 Å². The quantitative estimate of drug-likeness (QED) is 0.248. The lowest BCUT2D eigenvalue weighted by Gasteiger charge is -2.46. The van der Waals surface area contributed by atoms with Crippen LogP contribution >= 0.6 is 24.4 Å². The molecule has 0 fully saturated rings. The van der Waals surface area contributed by atoms with Crippen molar-refractivity contribution in [2.75, 3.05) is 10.6 Å². The van der Waals surface area contributed by atoms with E-state index < -0.39 is 0 Å². The molecule has 4 aromatic carbocycles. The molecule has 39 heavy (non-hydrogen) atoms. The fourth-order valence-electron chi connectivity index (χ4n) is 5.84. The lowest BCUT2D eigenvalue weighted by molar-refractivity contribution is 0.0846. The first-order valence-corrected chi connectivity index (χ1v) is 14.0. The van der Waals surface area contributed by atoms with Crippen LogP contribution in [-0.4, -0.2) is 10.3 Å². The SMILES string of the molecule is Cc1ccc(NC(=S)O[C@H]2c3ccccc3[C@@H]3C[C@H]2c2ccccc2[C@@H]3OC(=S)Nc2ccc(C)cc2)cc1. The largest absolute Gasteiger partial charge is 0.462 e. The van der Waals surface area contributed by atoms with E-state index in [4.69, 9.17) is 33.9 Å². The second-order valence-corrected chi connectivity index (χ2v) is 11.1. The van der Waals surface area contributed by atoms with E-state index in [2.05, 4.69) is 97.3 Å². The van der Waals surface area contributed by atoms with Gasteiger partial charge < -0.3 is 20.1 Å². The molecular weight excluding hydrogens is 521 g/mol. The van der Waals surface area contributed by atoms with Gasteiger partial charge in [0.25, 0.3) is 10.3 Å². The van der Waals surface area contributed by atoms with Crippen LogP contribution in [0.15, 0.2) is 97.1 Å². The van der Waals surface area contributed by atoms with Crippen LogP contribution in [0.2, 0.25) is 0 Å². The van der Waals surface area contributed by atoms with Gasteiger partial charge in [-0.25, -0.2) is 0 Å². The summed E-state index contributed by atoms with van der Waals surface area (Å²) in [5.41, 5.74) is 8.95. The fourth-order valence-corrected chi connectivity index (χ4v) is 6.28. The molecule has 4 atom stereocenters. The lowest BCUT2D eigenvalue weighted by atomic mass is 9.64. The zero-order chi connectivity index (χ0) is 26.9. The number of thiocarbonyl (C=S) groups is 2. The van der Waals surface area contributed by atoms with Crippen molar-refractivity contribution in [3.8, 4) is 0 Å². The van der Waals surface area contributed by atoms with Crippen LogP contribution in [0.5, 0.6) is 0 Å². The average Bonchev–Trinajstić information content (AvgIpc) is 2.95. The summed E-state index contributed by atoms with van der Waals surface area (Å²) in [5, 5.41) is 7.27. The van der Waals surface area contributed by atoms with E-state index in [9.17, 15) is 0 Å². The molecule has 0 spiro atoms. The number of ether oxygens (including phenoxy) is 2. The third-order valence-corrected chi connectivity index (χ3v) is 8.10. The second kappa shape index (κ2) is 10.8. The molecule has 2 N–H and O–H groups in total.